The van der Waals surface area contributed by atoms with Crippen molar-refractivity contribution in [1.82, 2.24) is 24.5 Å². The number of rotatable bonds is 15. The molecule has 1 aromatic carbocycles. The molecule has 2 saturated heterocycles. The number of amides is 1. The highest BCUT2D eigenvalue weighted by molar-refractivity contribution is 6.76. The number of piperidine rings is 1. The summed E-state index contributed by atoms with van der Waals surface area (Å²) >= 11 is 0. The summed E-state index contributed by atoms with van der Waals surface area (Å²) in [6.45, 7) is 21.8. The molecule has 57 heavy (non-hydrogen) atoms. The molecule has 2 bridgehead atoms. The molecule has 1 N–H and O–H groups in total. The molecule has 4 aromatic rings. The number of hydrogen-bond acceptors (Lipinski definition) is 9. The summed E-state index contributed by atoms with van der Waals surface area (Å²) in [5, 5.41) is 17.4. The maximum Gasteiger partial charge on any atom is 0.410 e. The van der Waals surface area contributed by atoms with E-state index in [4.69, 9.17) is 29.3 Å². The van der Waals surface area contributed by atoms with Gasteiger partial charge in [-0.2, -0.15) is 9.61 Å². The van der Waals surface area contributed by atoms with Crippen LogP contribution in [0.5, 0.6) is 0 Å². The van der Waals surface area contributed by atoms with Gasteiger partial charge in [-0.3, -0.25) is 4.98 Å². The number of benzene rings is 1. The molecule has 1 aliphatic carbocycles. The molecule has 1 saturated carbocycles. The van der Waals surface area contributed by atoms with Crippen molar-refractivity contribution in [3.63, 3.8) is 0 Å². The van der Waals surface area contributed by atoms with Crippen molar-refractivity contribution in [1.29, 1.82) is 0 Å². The van der Waals surface area contributed by atoms with Crippen LogP contribution in [0.15, 0.2) is 54.9 Å². The average Bonchev–Trinajstić information content (AvgIpc) is 3.64. The lowest BCUT2D eigenvalue weighted by Crippen LogP contribution is -2.48. The minimum atomic E-state index is -1.34. The summed E-state index contributed by atoms with van der Waals surface area (Å²) in [4.78, 5) is 28.0. The number of ether oxygens (including phenoxy) is 3. The molecular weight excluding hydrogens is 749 g/mol. The molecule has 13 heteroatoms. The van der Waals surface area contributed by atoms with Gasteiger partial charge in [0.05, 0.1) is 23.2 Å². The first-order valence-corrected chi connectivity index (χ1v) is 28.4. The van der Waals surface area contributed by atoms with Crippen molar-refractivity contribution in [2.24, 2.45) is 0 Å². The first kappa shape index (κ1) is 41.5. The Hall–Kier alpha value is -3.63. The molecule has 7 rings (SSSR count). The van der Waals surface area contributed by atoms with Crippen LogP contribution in [0.25, 0.3) is 28.0 Å². The minimum absolute atomic E-state index is 0.0216. The Morgan fingerprint density at radius 3 is 2.02 bits per heavy atom. The molecule has 0 spiro atoms. The van der Waals surface area contributed by atoms with Crippen LogP contribution < -0.4 is 4.90 Å². The van der Waals surface area contributed by atoms with Crippen LogP contribution in [-0.4, -0.2) is 96.2 Å². The fourth-order valence-electron chi connectivity index (χ4n) is 8.21. The summed E-state index contributed by atoms with van der Waals surface area (Å²) in [5.41, 5.74) is 4.53. The van der Waals surface area contributed by atoms with Crippen molar-refractivity contribution in [2.75, 3.05) is 31.6 Å². The van der Waals surface area contributed by atoms with E-state index < -0.39 is 27.3 Å². The third-order valence-corrected chi connectivity index (χ3v) is 14.9. The fraction of sp³-hybridized carbons (Fsp3) is 0.591. The molecule has 11 nitrogen and oxygen atoms in total. The van der Waals surface area contributed by atoms with Crippen molar-refractivity contribution >= 4 is 33.7 Å². The first-order valence-electron chi connectivity index (χ1n) is 21.0. The minimum Gasteiger partial charge on any atom is -0.444 e. The SMILES string of the molecule is CC(C)(C)OC(=O)N1C2CCC1CC(c1nc3c(-c4ccc(-c5ccccc5)nc4)cnn3c(N(COCC[Si](C)(C)C)COCC[Si](C)(C)C)c1C1(O)CC1)C2. The Morgan fingerprint density at radius 2 is 1.49 bits per heavy atom. The van der Waals surface area contributed by atoms with Gasteiger partial charge < -0.3 is 29.1 Å². The van der Waals surface area contributed by atoms with E-state index in [9.17, 15) is 9.90 Å². The van der Waals surface area contributed by atoms with Crippen LogP contribution in [0, 0.1) is 0 Å². The Balaban J connectivity index is 1.33. The smallest absolute Gasteiger partial charge is 0.410 e. The van der Waals surface area contributed by atoms with Gasteiger partial charge in [0, 0.05) is 75.8 Å². The lowest BCUT2D eigenvalue weighted by atomic mass is 9.84. The Kier molecular flexibility index (Phi) is 11.8. The lowest BCUT2D eigenvalue weighted by molar-refractivity contribution is 0.00549. The zero-order chi connectivity index (χ0) is 40.8. The normalized spacial score (nSPS) is 20.6. The fourth-order valence-corrected chi connectivity index (χ4v) is 9.73. The number of aromatic nitrogens is 4. The van der Waals surface area contributed by atoms with Crippen LogP contribution in [0.1, 0.15) is 76.5 Å². The summed E-state index contributed by atoms with van der Waals surface area (Å²) in [7, 11) is -2.68. The molecule has 0 radical (unpaired) electrons. The van der Waals surface area contributed by atoms with Crippen LogP contribution >= 0.6 is 0 Å². The van der Waals surface area contributed by atoms with E-state index in [1.54, 1.807) is 0 Å². The zero-order valence-corrected chi connectivity index (χ0v) is 37.7. The lowest BCUT2D eigenvalue weighted by Gasteiger charge is -2.40. The average molecular weight is 813 g/mol. The molecule has 308 valence electrons. The second-order valence-electron chi connectivity index (χ2n) is 20.0. The monoisotopic (exact) mass is 812 g/mol. The highest BCUT2D eigenvalue weighted by Gasteiger charge is 2.52. The van der Waals surface area contributed by atoms with Gasteiger partial charge >= 0.3 is 6.09 Å². The highest BCUT2D eigenvalue weighted by atomic mass is 28.3. The van der Waals surface area contributed by atoms with E-state index in [0.29, 0.717) is 45.2 Å². The van der Waals surface area contributed by atoms with E-state index in [2.05, 4.69) is 62.4 Å². The van der Waals surface area contributed by atoms with Gasteiger partial charge in [-0.05, 0) is 77.5 Å². The number of fused-ring (bicyclic) bond motifs is 3. The molecule has 5 heterocycles. The van der Waals surface area contributed by atoms with Gasteiger partial charge in [0.25, 0.3) is 0 Å². The van der Waals surface area contributed by atoms with E-state index in [1.165, 1.54) is 0 Å². The highest BCUT2D eigenvalue weighted by Crippen LogP contribution is 2.54. The van der Waals surface area contributed by atoms with Crippen molar-refractivity contribution in [2.45, 2.75) is 140 Å². The maximum absolute atomic E-state index is 13.5. The van der Waals surface area contributed by atoms with Crippen LogP contribution in [0.4, 0.5) is 10.6 Å². The number of nitrogens with zero attached hydrogens (tertiary/aromatic N) is 6. The van der Waals surface area contributed by atoms with E-state index in [-0.39, 0.29) is 24.1 Å². The third kappa shape index (κ3) is 9.81. The van der Waals surface area contributed by atoms with Crippen LogP contribution in [0.3, 0.4) is 0 Å². The molecule has 2 aliphatic heterocycles. The number of aliphatic hydroxyl groups is 1. The van der Waals surface area contributed by atoms with Gasteiger partial charge in [-0.1, -0.05) is 75.7 Å². The Bertz CT molecular complexity index is 1980. The number of anilines is 1. The summed E-state index contributed by atoms with van der Waals surface area (Å²) < 4.78 is 20.8. The van der Waals surface area contributed by atoms with E-state index in [0.717, 1.165) is 77.2 Å². The van der Waals surface area contributed by atoms with Crippen molar-refractivity contribution in [3.05, 3.63) is 66.1 Å². The molecule has 1 amide bonds. The second kappa shape index (κ2) is 16.2. The summed E-state index contributed by atoms with van der Waals surface area (Å²) in [6, 6.07) is 16.5. The first-order chi connectivity index (χ1) is 26.9. The predicted molar refractivity (Wildman–Crippen MR) is 232 cm³/mol. The van der Waals surface area contributed by atoms with Gasteiger partial charge in [0.1, 0.15) is 24.9 Å². The van der Waals surface area contributed by atoms with Crippen molar-refractivity contribution in [3.8, 4) is 22.4 Å². The summed E-state index contributed by atoms with van der Waals surface area (Å²) in [6.07, 6.45) is 8.17. The van der Waals surface area contributed by atoms with E-state index >= 15 is 0 Å². The van der Waals surface area contributed by atoms with Gasteiger partial charge in [-0.15, -0.1) is 0 Å². The predicted octanol–water partition coefficient (Wildman–Crippen LogP) is 9.52. The largest absolute Gasteiger partial charge is 0.444 e. The molecule has 3 fully saturated rings. The number of carbonyl (C=O) groups is 1. The quantitative estimate of drug-likeness (QED) is 0.0712. The Morgan fingerprint density at radius 1 is 0.877 bits per heavy atom. The van der Waals surface area contributed by atoms with Gasteiger partial charge in [0.2, 0.25) is 0 Å². The van der Waals surface area contributed by atoms with Crippen LogP contribution in [-0.2, 0) is 19.8 Å². The molecule has 2 atom stereocenters. The van der Waals surface area contributed by atoms with Crippen LogP contribution in [0.2, 0.25) is 51.4 Å². The molecular formula is C44H64N6O5Si2. The number of hydrogen-bond donors (Lipinski definition) is 1. The molecule has 3 aromatic heterocycles. The number of carbonyl (C=O) groups excluding carboxylic acids is 1. The van der Waals surface area contributed by atoms with Crippen molar-refractivity contribution < 1.29 is 24.1 Å². The number of pyridine rings is 1. The summed E-state index contributed by atoms with van der Waals surface area (Å²) in [5.74, 6) is 0.798. The van der Waals surface area contributed by atoms with E-state index in [1.807, 2.05) is 66.8 Å². The maximum atomic E-state index is 13.5. The third-order valence-electron chi connectivity index (χ3n) is 11.5. The Labute approximate surface area is 341 Å². The second-order valence-corrected chi connectivity index (χ2v) is 31.2. The zero-order valence-electron chi connectivity index (χ0n) is 35.7. The van der Waals surface area contributed by atoms with Gasteiger partial charge in [-0.25, -0.2) is 9.78 Å². The molecule has 2 unspecified atom stereocenters. The molecule has 3 aliphatic rings. The standard InChI is InChI=1S/C44H64N6O5Si2/c1-43(2,3)55-42(51)49-34-16-17-35(49)26-33(25-34)39-38(44(52)19-20-44)41(48(29-53-21-23-56(4,5)6)30-54-22-24-57(7,8)9)50-40(47-39)36(28-46-50)32-15-18-37(45-27-32)31-13-11-10-12-14-31/h10-15,18,27-28,33-35,52H,16-17,19-26,29-30H2,1-9H3. The topological polar surface area (TPSA) is 115 Å². The van der Waals surface area contributed by atoms with Gasteiger partial charge in [0.15, 0.2) is 5.65 Å².